The van der Waals surface area contributed by atoms with E-state index < -0.39 is 0 Å². The fourth-order valence-electron chi connectivity index (χ4n) is 3.43. The Morgan fingerprint density at radius 1 is 1.15 bits per heavy atom. The van der Waals surface area contributed by atoms with E-state index in [1.807, 2.05) is 47.4 Å². The fourth-order valence-corrected chi connectivity index (χ4v) is 3.43. The van der Waals surface area contributed by atoms with Crippen LogP contribution in [0.4, 0.5) is 11.4 Å². The van der Waals surface area contributed by atoms with E-state index in [9.17, 15) is 4.79 Å². The van der Waals surface area contributed by atoms with Gasteiger partial charge >= 0.3 is 0 Å². The van der Waals surface area contributed by atoms with Crippen LogP contribution in [0.15, 0.2) is 42.5 Å². The second-order valence-electron chi connectivity index (χ2n) is 7.17. The molecule has 26 heavy (non-hydrogen) atoms. The van der Waals surface area contributed by atoms with Crippen LogP contribution in [0, 0.1) is 5.92 Å². The number of methoxy groups -OCH3 is 1. The molecule has 1 saturated carbocycles. The average molecular weight is 352 g/mol. The summed E-state index contributed by atoms with van der Waals surface area (Å²) < 4.78 is 11.4. The number of rotatable bonds is 6. The van der Waals surface area contributed by atoms with Crippen LogP contribution in [-0.2, 0) is 4.79 Å². The lowest BCUT2D eigenvalue weighted by Crippen LogP contribution is -2.24. The van der Waals surface area contributed by atoms with Gasteiger partial charge in [-0.25, -0.2) is 0 Å². The number of anilines is 2. The normalized spacial score (nSPS) is 19.7. The van der Waals surface area contributed by atoms with Gasteiger partial charge in [-0.3, -0.25) is 4.79 Å². The highest BCUT2D eigenvalue weighted by molar-refractivity contribution is 5.96. The summed E-state index contributed by atoms with van der Waals surface area (Å²) in [6.45, 7) is 1.38. The predicted octanol–water partition coefficient (Wildman–Crippen LogP) is 3.59. The summed E-state index contributed by atoms with van der Waals surface area (Å²) in [5, 5.41) is 0. The minimum absolute atomic E-state index is 0.122. The van der Waals surface area contributed by atoms with Gasteiger partial charge in [0, 0.05) is 30.3 Å². The van der Waals surface area contributed by atoms with Gasteiger partial charge in [0.05, 0.1) is 13.7 Å². The summed E-state index contributed by atoms with van der Waals surface area (Å²) in [5.41, 5.74) is 8.49. The number of nitrogens with two attached hydrogens (primary N) is 1. The third kappa shape index (κ3) is 3.47. The topological polar surface area (TPSA) is 64.8 Å². The second-order valence-corrected chi connectivity index (χ2v) is 7.17. The third-order valence-electron chi connectivity index (χ3n) is 5.14. The standard InChI is InChI=1S/C21H24N2O3/c1-25-19-8-7-15(9-20(19)26-13-14-5-6-14)16-10-21(24)23(12-16)18-4-2-3-17(22)11-18/h2-4,7-9,11,14,16H,5-6,10,12-13,22H2,1H3. The minimum Gasteiger partial charge on any atom is -0.493 e. The van der Waals surface area contributed by atoms with Crippen LogP contribution >= 0.6 is 0 Å². The number of hydrogen-bond acceptors (Lipinski definition) is 4. The summed E-state index contributed by atoms with van der Waals surface area (Å²) >= 11 is 0. The zero-order valence-electron chi connectivity index (χ0n) is 15.0. The van der Waals surface area contributed by atoms with Gasteiger partial charge in [0.15, 0.2) is 11.5 Å². The first-order valence-corrected chi connectivity index (χ1v) is 9.10. The van der Waals surface area contributed by atoms with Crippen molar-refractivity contribution in [3.8, 4) is 11.5 Å². The quantitative estimate of drug-likeness (QED) is 0.807. The van der Waals surface area contributed by atoms with Gasteiger partial charge in [-0.1, -0.05) is 12.1 Å². The molecule has 1 aliphatic carbocycles. The number of nitrogens with zero attached hydrogens (tertiary/aromatic N) is 1. The Morgan fingerprint density at radius 3 is 2.73 bits per heavy atom. The Morgan fingerprint density at radius 2 is 2.00 bits per heavy atom. The maximum absolute atomic E-state index is 12.5. The van der Waals surface area contributed by atoms with E-state index in [4.69, 9.17) is 15.2 Å². The van der Waals surface area contributed by atoms with Gasteiger partial charge in [0.2, 0.25) is 5.91 Å². The maximum Gasteiger partial charge on any atom is 0.227 e. The van der Waals surface area contributed by atoms with Crippen LogP contribution < -0.4 is 20.1 Å². The van der Waals surface area contributed by atoms with E-state index in [-0.39, 0.29) is 11.8 Å². The maximum atomic E-state index is 12.5. The van der Waals surface area contributed by atoms with E-state index in [0.717, 1.165) is 29.4 Å². The molecule has 5 nitrogen and oxygen atoms in total. The van der Waals surface area contributed by atoms with Crippen LogP contribution in [0.5, 0.6) is 11.5 Å². The highest BCUT2D eigenvalue weighted by atomic mass is 16.5. The molecule has 1 atom stereocenters. The van der Waals surface area contributed by atoms with Gasteiger partial charge in [0.1, 0.15) is 0 Å². The Hall–Kier alpha value is -2.69. The number of nitrogen functional groups attached to an aromatic ring is 1. The van der Waals surface area contributed by atoms with Gasteiger partial charge < -0.3 is 20.1 Å². The van der Waals surface area contributed by atoms with E-state index in [0.29, 0.717) is 24.6 Å². The molecule has 2 aliphatic rings. The van der Waals surface area contributed by atoms with Crippen molar-refractivity contribution in [2.75, 3.05) is 30.9 Å². The molecule has 2 N–H and O–H groups in total. The van der Waals surface area contributed by atoms with Crippen LogP contribution in [0.25, 0.3) is 0 Å². The monoisotopic (exact) mass is 352 g/mol. The number of carbonyl (C=O) groups excluding carboxylic acids is 1. The van der Waals surface area contributed by atoms with Crippen molar-refractivity contribution in [3.05, 3.63) is 48.0 Å². The van der Waals surface area contributed by atoms with Gasteiger partial charge in [0.25, 0.3) is 0 Å². The van der Waals surface area contributed by atoms with Crippen LogP contribution in [-0.4, -0.2) is 26.2 Å². The first-order valence-electron chi connectivity index (χ1n) is 9.10. The molecule has 1 heterocycles. The van der Waals surface area contributed by atoms with E-state index in [1.165, 1.54) is 12.8 Å². The summed E-state index contributed by atoms with van der Waals surface area (Å²) in [7, 11) is 1.65. The van der Waals surface area contributed by atoms with Crippen molar-refractivity contribution in [2.45, 2.75) is 25.2 Å². The Bertz CT molecular complexity index is 817. The molecule has 1 saturated heterocycles. The molecule has 1 unspecified atom stereocenters. The van der Waals surface area contributed by atoms with Gasteiger partial charge in [-0.15, -0.1) is 0 Å². The van der Waals surface area contributed by atoms with E-state index in [2.05, 4.69) is 0 Å². The third-order valence-corrected chi connectivity index (χ3v) is 5.14. The van der Waals surface area contributed by atoms with E-state index in [1.54, 1.807) is 7.11 Å². The van der Waals surface area contributed by atoms with Crippen molar-refractivity contribution < 1.29 is 14.3 Å². The van der Waals surface area contributed by atoms with Crippen molar-refractivity contribution in [1.82, 2.24) is 0 Å². The predicted molar refractivity (Wildman–Crippen MR) is 102 cm³/mol. The molecular formula is C21H24N2O3. The van der Waals surface area contributed by atoms with Gasteiger partial charge in [-0.05, 0) is 54.7 Å². The molecule has 2 aromatic rings. The van der Waals surface area contributed by atoms with Crippen LogP contribution in [0.3, 0.4) is 0 Å². The Kier molecular flexibility index (Phi) is 4.45. The lowest BCUT2D eigenvalue weighted by Gasteiger charge is -2.18. The first-order chi connectivity index (χ1) is 12.6. The average Bonchev–Trinajstić information content (AvgIpc) is 3.40. The molecule has 2 aromatic carbocycles. The molecule has 2 fully saturated rings. The van der Waals surface area contributed by atoms with Gasteiger partial charge in [-0.2, -0.15) is 0 Å². The molecule has 1 aliphatic heterocycles. The molecule has 0 bridgehead atoms. The summed E-state index contributed by atoms with van der Waals surface area (Å²) in [6.07, 6.45) is 2.98. The largest absolute Gasteiger partial charge is 0.493 e. The SMILES string of the molecule is COc1ccc(C2CC(=O)N(c3cccc(N)c3)C2)cc1OCC1CC1. The molecule has 0 spiro atoms. The number of carbonyl (C=O) groups is 1. The van der Waals surface area contributed by atoms with Crippen molar-refractivity contribution in [1.29, 1.82) is 0 Å². The Labute approximate surface area is 153 Å². The van der Waals surface area contributed by atoms with E-state index >= 15 is 0 Å². The lowest BCUT2D eigenvalue weighted by atomic mass is 9.98. The summed E-state index contributed by atoms with van der Waals surface area (Å²) in [6, 6.07) is 13.5. The first kappa shape index (κ1) is 16.8. The highest BCUT2D eigenvalue weighted by Crippen LogP contribution is 2.38. The molecule has 0 aromatic heterocycles. The molecular weight excluding hydrogens is 328 g/mol. The molecule has 1 amide bonds. The zero-order valence-corrected chi connectivity index (χ0v) is 15.0. The fraction of sp³-hybridized carbons (Fsp3) is 0.381. The van der Waals surface area contributed by atoms with Crippen LogP contribution in [0.2, 0.25) is 0 Å². The van der Waals surface area contributed by atoms with Crippen molar-refractivity contribution in [3.63, 3.8) is 0 Å². The zero-order chi connectivity index (χ0) is 18.1. The highest BCUT2D eigenvalue weighted by Gasteiger charge is 2.32. The Balaban J connectivity index is 1.53. The molecule has 0 radical (unpaired) electrons. The summed E-state index contributed by atoms with van der Waals surface area (Å²) in [4.78, 5) is 14.3. The second kappa shape index (κ2) is 6.90. The van der Waals surface area contributed by atoms with Crippen molar-refractivity contribution in [2.24, 2.45) is 5.92 Å². The number of ether oxygens (including phenoxy) is 2. The minimum atomic E-state index is 0.122. The summed E-state index contributed by atoms with van der Waals surface area (Å²) in [5.74, 6) is 2.45. The molecule has 136 valence electrons. The lowest BCUT2D eigenvalue weighted by molar-refractivity contribution is -0.117. The number of hydrogen-bond donors (Lipinski definition) is 1. The van der Waals surface area contributed by atoms with Crippen LogP contribution in [0.1, 0.15) is 30.7 Å². The molecule has 5 heteroatoms. The smallest absolute Gasteiger partial charge is 0.227 e. The van der Waals surface area contributed by atoms with Crippen molar-refractivity contribution >= 4 is 17.3 Å². The number of amides is 1. The molecule has 4 rings (SSSR count). The number of benzene rings is 2.